The summed E-state index contributed by atoms with van der Waals surface area (Å²) in [6.07, 6.45) is 4.02. The number of benzene rings is 1. The third kappa shape index (κ3) is 5.66. The van der Waals surface area contributed by atoms with Crippen LogP contribution in [-0.4, -0.2) is 44.0 Å². The first kappa shape index (κ1) is 22.9. The van der Waals surface area contributed by atoms with Gasteiger partial charge in [0, 0.05) is 31.9 Å². The van der Waals surface area contributed by atoms with Crippen LogP contribution in [0.25, 0.3) is 0 Å². The second-order valence-electron chi connectivity index (χ2n) is 6.91. The molecule has 6 nitrogen and oxygen atoms in total. The van der Waals surface area contributed by atoms with Gasteiger partial charge in [0.25, 0.3) is 0 Å². The van der Waals surface area contributed by atoms with Gasteiger partial charge >= 0.3 is 0 Å². The minimum Gasteiger partial charge on any atom is -0.397 e. The molecule has 1 saturated heterocycles. The molecule has 2 aromatic rings. The van der Waals surface area contributed by atoms with Crippen LogP contribution in [0, 0.1) is 0 Å². The van der Waals surface area contributed by atoms with Gasteiger partial charge in [0.15, 0.2) is 11.3 Å². The summed E-state index contributed by atoms with van der Waals surface area (Å²) >= 11 is 24.4. The molecule has 0 aliphatic carbocycles. The highest BCUT2D eigenvalue weighted by molar-refractivity contribution is 7.80. The molecule has 3 rings (SSSR count). The number of halogens is 3. The predicted octanol–water partition coefficient (Wildman–Crippen LogP) is 3.91. The Balaban J connectivity index is 1.73. The number of nitrogens with one attached hydrogen (secondary N) is 1. The molecule has 0 spiro atoms. The molecule has 1 fully saturated rings. The summed E-state index contributed by atoms with van der Waals surface area (Å²) in [7, 11) is 0. The molecule has 1 unspecified atom stereocenters. The van der Waals surface area contributed by atoms with E-state index in [1.807, 2.05) is 41.3 Å². The van der Waals surface area contributed by atoms with Crippen LogP contribution in [0.1, 0.15) is 18.4 Å². The first-order valence-electron chi connectivity index (χ1n) is 9.45. The summed E-state index contributed by atoms with van der Waals surface area (Å²) in [5.74, 6) is -0.241. The fourth-order valence-electron chi connectivity index (χ4n) is 3.31. The number of carbonyl (C=O) groups is 1. The third-order valence-corrected chi connectivity index (χ3v) is 5.84. The van der Waals surface area contributed by atoms with Gasteiger partial charge in [-0.15, -0.1) is 0 Å². The van der Waals surface area contributed by atoms with Crippen molar-refractivity contribution in [2.45, 2.75) is 29.2 Å². The van der Waals surface area contributed by atoms with E-state index in [0.29, 0.717) is 30.3 Å². The Labute approximate surface area is 196 Å². The van der Waals surface area contributed by atoms with Gasteiger partial charge < -0.3 is 20.9 Å². The number of thiocarbonyl (C=S) groups is 1. The van der Waals surface area contributed by atoms with Crippen LogP contribution in [0.4, 0.5) is 11.4 Å². The van der Waals surface area contributed by atoms with Gasteiger partial charge in [-0.2, -0.15) is 0 Å². The number of nitrogens with two attached hydrogens (primary N) is 1. The number of rotatable bonds is 6. The van der Waals surface area contributed by atoms with Crippen LogP contribution in [0.2, 0.25) is 0 Å². The van der Waals surface area contributed by atoms with Crippen molar-refractivity contribution in [2.75, 3.05) is 23.7 Å². The molecular formula is C20H22Cl3N5OS. The largest absolute Gasteiger partial charge is 0.397 e. The first-order valence-corrected chi connectivity index (χ1v) is 11.0. The molecule has 1 aliphatic rings. The summed E-state index contributed by atoms with van der Waals surface area (Å²) in [4.78, 5) is 20.3. The zero-order valence-corrected chi connectivity index (χ0v) is 19.2. The number of pyridine rings is 1. The highest BCUT2D eigenvalue weighted by atomic mass is 35.6. The number of alkyl halides is 3. The quantitative estimate of drug-likeness (QED) is 0.366. The molecule has 10 heteroatoms. The van der Waals surface area contributed by atoms with Crippen LogP contribution in [-0.2, 0) is 11.2 Å². The van der Waals surface area contributed by atoms with Gasteiger partial charge in [-0.25, -0.2) is 0 Å². The molecular weight excluding hydrogens is 465 g/mol. The van der Waals surface area contributed by atoms with Gasteiger partial charge in [0.2, 0.25) is 9.70 Å². The lowest BCUT2D eigenvalue weighted by atomic mass is 10.1. The maximum absolute atomic E-state index is 12.6. The van der Waals surface area contributed by atoms with Crippen molar-refractivity contribution in [3.63, 3.8) is 0 Å². The minimum atomic E-state index is -1.78. The zero-order valence-electron chi connectivity index (χ0n) is 16.1. The van der Waals surface area contributed by atoms with Crippen LogP contribution >= 0.6 is 47.0 Å². The Hall–Kier alpha value is -1.80. The molecule has 0 bridgehead atoms. The summed E-state index contributed by atoms with van der Waals surface area (Å²) < 4.78 is -1.78. The smallest absolute Gasteiger partial charge is 0.228 e. The van der Waals surface area contributed by atoms with Crippen molar-refractivity contribution in [1.82, 2.24) is 15.2 Å². The van der Waals surface area contributed by atoms with Crippen molar-refractivity contribution in [1.29, 1.82) is 0 Å². The highest BCUT2D eigenvalue weighted by Crippen LogP contribution is 2.35. The number of aryl methyl sites for hydroxylation is 1. The van der Waals surface area contributed by atoms with Crippen LogP contribution in [0.3, 0.4) is 0 Å². The van der Waals surface area contributed by atoms with E-state index < -0.39 is 9.96 Å². The van der Waals surface area contributed by atoms with E-state index in [-0.39, 0.29) is 12.3 Å². The first-order chi connectivity index (χ1) is 14.3. The van der Waals surface area contributed by atoms with Gasteiger partial charge in [0.05, 0.1) is 11.4 Å². The number of aromatic nitrogens is 1. The standard InChI is InChI=1S/C20H22Cl3N5OS/c21-20(22,23)18(26-17(29)9-8-14-5-3-10-25-13-14)28-12-4-11-27(19(28)30)16-7-2-1-6-15(16)24/h1-3,5-7,10,13,18H,4,8-9,11-12,24H2,(H,26,29). The number of anilines is 2. The van der Waals surface area contributed by atoms with Crippen LogP contribution in [0.15, 0.2) is 48.8 Å². The average molecular weight is 487 g/mol. The molecule has 1 atom stereocenters. The van der Waals surface area contributed by atoms with Crippen molar-refractivity contribution in [2.24, 2.45) is 0 Å². The Bertz CT molecular complexity index is 894. The predicted molar refractivity (Wildman–Crippen MR) is 127 cm³/mol. The monoisotopic (exact) mass is 485 g/mol. The maximum Gasteiger partial charge on any atom is 0.228 e. The molecule has 0 saturated carbocycles. The van der Waals surface area contributed by atoms with Crippen LogP contribution < -0.4 is 16.0 Å². The van der Waals surface area contributed by atoms with E-state index in [9.17, 15) is 4.79 Å². The van der Waals surface area contributed by atoms with E-state index in [0.717, 1.165) is 17.7 Å². The summed E-state index contributed by atoms with van der Waals surface area (Å²) in [5, 5.41) is 3.29. The fraction of sp³-hybridized carbons (Fsp3) is 0.350. The minimum absolute atomic E-state index is 0.235. The number of nitrogens with zero attached hydrogens (tertiary/aromatic N) is 3. The van der Waals surface area contributed by atoms with Gasteiger partial charge in [-0.3, -0.25) is 9.78 Å². The topological polar surface area (TPSA) is 74.5 Å². The van der Waals surface area contributed by atoms with Gasteiger partial charge in [-0.1, -0.05) is 53.0 Å². The molecule has 1 aromatic heterocycles. The Morgan fingerprint density at radius 1 is 1.23 bits per heavy atom. The van der Waals surface area contributed by atoms with E-state index in [1.165, 1.54) is 0 Å². The molecule has 30 heavy (non-hydrogen) atoms. The zero-order chi connectivity index (χ0) is 21.7. The van der Waals surface area contributed by atoms with E-state index in [2.05, 4.69) is 10.3 Å². The lowest BCUT2D eigenvalue weighted by molar-refractivity contribution is -0.122. The third-order valence-electron chi connectivity index (χ3n) is 4.77. The molecule has 1 aromatic carbocycles. The van der Waals surface area contributed by atoms with Crippen molar-refractivity contribution in [3.8, 4) is 0 Å². The molecule has 1 aliphatic heterocycles. The molecule has 2 heterocycles. The van der Waals surface area contributed by atoms with Crippen molar-refractivity contribution in [3.05, 3.63) is 54.4 Å². The van der Waals surface area contributed by atoms with Crippen molar-refractivity contribution < 1.29 is 4.79 Å². The Morgan fingerprint density at radius 3 is 2.67 bits per heavy atom. The SMILES string of the molecule is Nc1ccccc1N1CCCN(C(NC(=O)CCc2cccnc2)C(Cl)(Cl)Cl)C1=S. The van der Waals surface area contributed by atoms with Crippen LogP contribution in [0.5, 0.6) is 0 Å². The van der Waals surface area contributed by atoms with E-state index in [1.54, 1.807) is 17.3 Å². The summed E-state index contributed by atoms with van der Waals surface area (Å²) in [6, 6.07) is 11.2. The van der Waals surface area contributed by atoms with Crippen molar-refractivity contribution >= 4 is 69.4 Å². The second-order valence-corrected chi connectivity index (χ2v) is 9.65. The summed E-state index contributed by atoms with van der Waals surface area (Å²) in [5.41, 5.74) is 8.47. The Kier molecular flexibility index (Phi) is 7.63. The number of carbonyl (C=O) groups excluding carboxylic acids is 1. The number of amides is 1. The number of nitrogen functional groups attached to an aromatic ring is 1. The van der Waals surface area contributed by atoms with E-state index >= 15 is 0 Å². The summed E-state index contributed by atoms with van der Waals surface area (Å²) in [6.45, 7) is 1.23. The molecule has 0 radical (unpaired) electrons. The lowest BCUT2D eigenvalue weighted by Crippen LogP contribution is -2.62. The van der Waals surface area contributed by atoms with E-state index in [4.69, 9.17) is 52.8 Å². The number of para-hydroxylation sites is 2. The van der Waals surface area contributed by atoms with Gasteiger partial charge in [0.1, 0.15) is 0 Å². The molecule has 160 valence electrons. The van der Waals surface area contributed by atoms with Gasteiger partial charge in [-0.05, 0) is 48.8 Å². The maximum atomic E-state index is 12.6. The number of hydrogen-bond acceptors (Lipinski definition) is 4. The number of hydrogen-bond donors (Lipinski definition) is 2. The molecule has 3 N–H and O–H groups in total. The Morgan fingerprint density at radius 2 is 2.00 bits per heavy atom. The highest BCUT2D eigenvalue weighted by Gasteiger charge is 2.42. The molecule has 1 amide bonds. The lowest BCUT2D eigenvalue weighted by Gasteiger charge is -2.44. The fourth-order valence-corrected chi connectivity index (χ4v) is 4.21. The second kappa shape index (κ2) is 10.0. The average Bonchev–Trinajstić information content (AvgIpc) is 2.72. The normalized spacial score (nSPS) is 15.8.